The van der Waals surface area contributed by atoms with Gasteiger partial charge >= 0.3 is 0 Å². The summed E-state index contributed by atoms with van der Waals surface area (Å²) in [5.74, 6) is -1.24. The lowest BCUT2D eigenvalue weighted by molar-refractivity contribution is 0.0844. The second-order valence-electron chi connectivity index (χ2n) is 4.36. The molecule has 0 aliphatic carbocycles. The van der Waals surface area contributed by atoms with Crippen LogP contribution in [0.15, 0.2) is 53.6 Å². The van der Waals surface area contributed by atoms with Crippen molar-refractivity contribution < 1.29 is 18.0 Å². The highest BCUT2D eigenvalue weighted by Gasteiger charge is 2.15. The standard InChI is InChI=1S/C14H14N4O4S/c1-15-23(21,22)11-6-4-5-10(9-11)13(19)17-18-14(20)12-7-2-3-8-16-12/h2-9,15H,1H3,(H,17,19)(H,18,20). The average molecular weight is 334 g/mol. The minimum Gasteiger partial charge on any atom is -0.267 e. The van der Waals surface area contributed by atoms with Gasteiger partial charge in [0.2, 0.25) is 10.0 Å². The molecule has 3 N–H and O–H groups in total. The number of nitrogens with one attached hydrogen (secondary N) is 3. The van der Waals surface area contributed by atoms with E-state index in [1.807, 2.05) is 0 Å². The topological polar surface area (TPSA) is 117 Å². The lowest BCUT2D eigenvalue weighted by Gasteiger charge is -2.08. The summed E-state index contributed by atoms with van der Waals surface area (Å²) in [5.41, 5.74) is 4.63. The summed E-state index contributed by atoms with van der Waals surface area (Å²) in [6.45, 7) is 0. The molecule has 0 spiro atoms. The maximum atomic E-state index is 12.0. The van der Waals surface area contributed by atoms with E-state index in [0.29, 0.717) is 0 Å². The van der Waals surface area contributed by atoms with Crippen LogP contribution in [0.5, 0.6) is 0 Å². The zero-order chi connectivity index (χ0) is 16.9. The molecular formula is C14H14N4O4S. The molecule has 9 heteroatoms. The van der Waals surface area contributed by atoms with E-state index in [9.17, 15) is 18.0 Å². The maximum absolute atomic E-state index is 12.0. The van der Waals surface area contributed by atoms with E-state index in [4.69, 9.17) is 0 Å². The van der Waals surface area contributed by atoms with Gasteiger partial charge < -0.3 is 0 Å². The van der Waals surface area contributed by atoms with E-state index in [0.717, 1.165) is 0 Å². The Balaban J connectivity index is 2.07. The summed E-state index contributed by atoms with van der Waals surface area (Å²) >= 11 is 0. The highest BCUT2D eigenvalue weighted by Crippen LogP contribution is 2.10. The molecule has 0 atom stereocenters. The van der Waals surface area contributed by atoms with Crippen molar-refractivity contribution in [1.29, 1.82) is 0 Å². The summed E-state index contributed by atoms with van der Waals surface area (Å²) in [4.78, 5) is 27.5. The third-order valence-electron chi connectivity index (χ3n) is 2.86. The summed E-state index contributed by atoms with van der Waals surface area (Å²) in [6.07, 6.45) is 1.45. The Bertz CT molecular complexity index is 822. The Morgan fingerprint density at radius 2 is 1.74 bits per heavy atom. The molecular weight excluding hydrogens is 320 g/mol. The second kappa shape index (κ2) is 6.99. The highest BCUT2D eigenvalue weighted by molar-refractivity contribution is 7.89. The van der Waals surface area contributed by atoms with Gasteiger partial charge in [-0.2, -0.15) is 0 Å². The number of carbonyl (C=O) groups is 2. The molecule has 23 heavy (non-hydrogen) atoms. The SMILES string of the molecule is CNS(=O)(=O)c1cccc(C(=O)NNC(=O)c2ccccn2)c1. The zero-order valence-electron chi connectivity index (χ0n) is 12.1. The fourth-order valence-electron chi connectivity index (χ4n) is 1.67. The van der Waals surface area contributed by atoms with E-state index in [1.54, 1.807) is 12.1 Å². The molecule has 0 fully saturated rings. The molecule has 0 saturated carbocycles. The molecule has 0 radical (unpaired) electrons. The average Bonchev–Trinajstić information content (AvgIpc) is 2.60. The summed E-state index contributed by atoms with van der Waals surface area (Å²) < 4.78 is 25.6. The lowest BCUT2D eigenvalue weighted by atomic mass is 10.2. The molecule has 0 bridgehead atoms. The number of benzene rings is 1. The predicted molar refractivity (Wildman–Crippen MR) is 81.9 cm³/mol. The van der Waals surface area contributed by atoms with E-state index in [2.05, 4.69) is 20.6 Å². The van der Waals surface area contributed by atoms with Crippen molar-refractivity contribution >= 4 is 21.8 Å². The van der Waals surface area contributed by atoms with Gasteiger partial charge in [-0.1, -0.05) is 12.1 Å². The van der Waals surface area contributed by atoms with E-state index >= 15 is 0 Å². The van der Waals surface area contributed by atoms with Crippen LogP contribution >= 0.6 is 0 Å². The van der Waals surface area contributed by atoms with Crippen molar-refractivity contribution in [2.45, 2.75) is 4.90 Å². The van der Waals surface area contributed by atoms with Gasteiger partial charge in [0.15, 0.2) is 0 Å². The number of sulfonamides is 1. The van der Waals surface area contributed by atoms with Crippen molar-refractivity contribution in [1.82, 2.24) is 20.6 Å². The van der Waals surface area contributed by atoms with Crippen molar-refractivity contribution in [2.24, 2.45) is 0 Å². The fourth-order valence-corrected chi connectivity index (χ4v) is 2.44. The normalized spacial score (nSPS) is 10.8. The van der Waals surface area contributed by atoms with Gasteiger partial charge in [-0.25, -0.2) is 13.1 Å². The van der Waals surface area contributed by atoms with Gasteiger partial charge in [0.1, 0.15) is 5.69 Å². The van der Waals surface area contributed by atoms with Crippen LogP contribution in [0.25, 0.3) is 0 Å². The van der Waals surface area contributed by atoms with Crippen LogP contribution in [0.2, 0.25) is 0 Å². The molecule has 0 saturated heterocycles. The van der Waals surface area contributed by atoms with Crippen molar-refractivity contribution in [3.8, 4) is 0 Å². The number of carbonyl (C=O) groups excluding carboxylic acids is 2. The van der Waals surface area contributed by atoms with Crippen LogP contribution in [0.3, 0.4) is 0 Å². The first-order valence-corrected chi connectivity index (χ1v) is 7.97. The monoisotopic (exact) mass is 334 g/mol. The van der Waals surface area contributed by atoms with Crippen LogP contribution in [0.1, 0.15) is 20.8 Å². The fraction of sp³-hybridized carbons (Fsp3) is 0.0714. The molecule has 120 valence electrons. The maximum Gasteiger partial charge on any atom is 0.288 e. The third-order valence-corrected chi connectivity index (χ3v) is 4.27. The molecule has 0 aliphatic rings. The van der Waals surface area contributed by atoms with Gasteiger partial charge in [-0.05, 0) is 37.4 Å². The molecule has 2 amide bonds. The number of nitrogens with zero attached hydrogens (tertiary/aromatic N) is 1. The summed E-state index contributed by atoms with van der Waals surface area (Å²) in [7, 11) is -2.38. The number of hydrogen-bond acceptors (Lipinski definition) is 5. The number of hydrazine groups is 1. The number of rotatable bonds is 4. The Morgan fingerprint density at radius 3 is 2.39 bits per heavy atom. The van der Waals surface area contributed by atoms with Crippen molar-refractivity contribution in [3.05, 3.63) is 59.9 Å². The van der Waals surface area contributed by atoms with Gasteiger partial charge in [-0.15, -0.1) is 0 Å². The molecule has 8 nitrogen and oxygen atoms in total. The number of hydrogen-bond donors (Lipinski definition) is 3. The van der Waals surface area contributed by atoms with Crippen LogP contribution < -0.4 is 15.6 Å². The van der Waals surface area contributed by atoms with Gasteiger partial charge in [0.05, 0.1) is 4.90 Å². The first-order chi connectivity index (χ1) is 10.9. The van der Waals surface area contributed by atoms with Crippen LogP contribution in [-0.4, -0.2) is 32.3 Å². The molecule has 2 rings (SSSR count). The molecule has 0 unspecified atom stereocenters. The minimum atomic E-state index is -3.66. The van der Waals surface area contributed by atoms with Gasteiger partial charge in [0.25, 0.3) is 11.8 Å². The Kier molecular flexibility index (Phi) is 5.04. The molecule has 1 heterocycles. The summed E-state index contributed by atoms with van der Waals surface area (Å²) in [5, 5.41) is 0. The quantitative estimate of drug-likeness (QED) is 0.684. The Morgan fingerprint density at radius 1 is 1.00 bits per heavy atom. The molecule has 1 aromatic carbocycles. The van der Waals surface area contributed by atoms with Crippen LogP contribution in [0.4, 0.5) is 0 Å². The Hall–Kier alpha value is -2.78. The van der Waals surface area contributed by atoms with E-state index in [-0.39, 0.29) is 16.2 Å². The first kappa shape index (κ1) is 16.6. The third kappa shape index (κ3) is 4.11. The molecule has 0 aliphatic heterocycles. The van der Waals surface area contributed by atoms with Gasteiger partial charge in [0, 0.05) is 11.8 Å². The molecule has 1 aromatic heterocycles. The Labute approximate surface area is 133 Å². The smallest absolute Gasteiger partial charge is 0.267 e. The highest BCUT2D eigenvalue weighted by atomic mass is 32.2. The first-order valence-electron chi connectivity index (χ1n) is 6.49. The second-order valence-corrected chi connectivity index (χ2v) is 6.25. The lowest BCUT2D eigenvalue weighted by Crippen LogP contribution is -2.42. The zero-order valence-corrected chi connectivity index (χ0v) is 12.9. The van der Waals surface area contributed by atoms with Crippen molar-refractivity contribution in [3.63, 3.8) is 0 Å². The summed E-state index contributed by atoms with van der Waals surface area (Å²) in [6, 6.07) is 10.2. The van der Waals surface area contributed by atoms with E-state index in [1.165, 1.54) is 43.6 Å². The number of aromatic nitrogens is 1. The molecule has 2 aromatic rings. The van der Waals surface area contributed by atoms with Crippen LogP contribution in [-0.2, 0) is 10.0 Å². The predicted octanol–water partition coefficient (Wildman–Crippen LogP) is 0.0645. The van der Waals surface area contributed by atoms with E-state index < -0.39 is 21.8 Å². The van der Waals surface area contributed by atoms with Crippen LogP contribution in [0, 0.1) is 0 Å². The minimum absolute atomic E-state index is 0.0521. The largest absolute Gasteiger partial charge is 0.288 e. The number of pyridine rings is 1. The number of amides is 2. The van der Waals surface area contributed by atoms with Gasteiger partial charge in [-0.3, -0.25) is 25.4 Å². The van der Waals surface area contributed by atoms with Crippen molar-refractivity contribution in [2.75, 3.05) is 7.05 Å².